The van der Waals surface area contributed by atoms with Gasteiger partial charge >= 0.3 is 5.97 Å². The second kappa shape index (κ2) is 7.90. The van der Waals surface area contributed by atoms with Crippen LogP contribution in [0.1, 0.15) is 12.0 Å². The van der Waals surface area contributed by atoms with Crippen molar-refractivity contribution in [2.45, 2.75) is 30.3 Å². The minimum absolute atomic E-state index is 0.0513. The first-order valence-electron chi connectivity index (χ1n) is 7.37. The van der Waals surface area contributed by atoms with E-state index in [0.29, 0.717) is 0 Å². The van der Waals surface area contributed by atoms with Gasteiger partial charge in [-0.25, -0.2) is 18.4 Å². The third-order valence-corrected chi connectivity index (χ3v) is 4.29. The Balaban J connectivity index is 1.91. The van der Waals surface area contributed by atoms with Crippen LogP contribution >= 0.6 is 0 Å². The van der Waals surface area contributed by atoms with Crippen molar-refractivity contribution in [1.82, 2.24) is 15.1 Å². The van der Waals surface area contributed by atoms with E-state index in [4.69, 9.17) is 5.14 Å². The number of aliphatic carboxylic acids is 1. The van der Waals surface area contributed by atoms with E-state index >= 15 is 0 Å². The molecule has 0 saturated heterocycles. The lowest BCUT2D eigenvalue weighted by molar-refractivity contribution is -0.141. The molecule has 0 spiro atoms. The number of rotatable bonds is 8. The van der Waals surface area contributed by atoms with E-state index in [1.807, 2.05) is 6.07 Å². The molecule has 25 heavy (non-hydrogen) atoms. The summed E-state index contributed by atoms with van der Waals surface area (Å²) >= 11 is 0. The van der Waals surface area contributed by atoms with E-state index in [2.05, 4.69) is 10.4 Å². The monoisotopic (exact) mass is 366 g/mol. The van der Waals surface area contributed by atoms with E-state index in [9.17, 15) is 23.1 Å². The number of benzene rings is 1. The van der Waals surface area contributed by atoms with E-state index in [0.717, 1.165) is 11.8 Å². The number of aromatic nitrogens is 2. The minimum Gasteiger partial charge on any atom is -0.480 e. The van der Waals surface area contributed by atoms with Gasteiger partial charge in [-0.2, -0.15) is 5.10 Å². The van der Waals surface area contributed by atoms with Crippen LogP contribution in [0.2, 0.25) is 0 Å². The first-order valence-corrected chi connectivity index (χ1v) is 8.91. The maximum atomic E-state index is 12.0. The molecule has 0 aliphatic heterocycles. The van der Waals surface area contributed by atoms with Gasteiger partial charge in [-0.1, -0.05) is 30.3 Å². The van der Waals surface area contributed by atoms with Gasteiger partial charge in [-0.3, -0.25) is 9.48 Å². The Morgan fingerprint density at radius 3 is 2.52 bits per heavy atom. The van der Waals surface area contributed by atoms with Crippen LogP contribution in [-0.2, 0) is 32.6 Å². The smallest absolute Gasteiger partial charge is 0.326 e. The van der Waals surface area contributed by atoms with Crippen molar-refractivity contribution < 1.29 is 23.1 Å². The number of primary sulfonamides is 1. The molecule has 10 heteroatoms. The molecular formula is C15H18N4O5S. The summed E-state index contributed by atoms with van der Waals surface area (Å²) in [5, 5.41) is 20.5. The number of carbonyl (C=O) groups is 2. The lowest BCUT2D eigenvalue weighted by atomic mass is 10.1. The standard InChI is InChI=1S/C15H18N4O5S/c16-25(23,24)12-9-17-19(10-12)7-6-14(20)18-13(15(21)22)8-11-4-2-1-3-5-11/h1-5,9-10,13H,6-8H2,(H,18,20)(H,21,22)(H2,16,23,24)/t13-/m0/s1. The summed E-state index contributed by atoms with van der Waals surface area (Å²) in [6.07, 6.45) is 2.41. The topological polar surface area (TPSA) is 144 Å². The van der Waals surface area contributed by atoms with Crippen molar-refractivity contribution >= 4 is 21.9 Å². The lowest BCUT2D eigenvalue weighted by Crippen LogP contribution is -2.42. The Bertz CT molecular complexity index is 848. The van der Waals surface area contributed by atoms with Gasteiger partial charge < -0.3 is 10.4 Å². The summed E-state index contributed by atoms with van der Waals surface area (Å²) in [7, 11) is -3.85. The number of carboxylic acids is 1. The fraction of sp³-hybridized carbons (Fsp3) is 0.267. The number of aryl methyl sites for hydroxylation is 1. The third kappa shape index (κ3) is 5.69. The number of sulfonamides is 1. The molecule has 2 rings (SSSR count). The number of hydrogen-bond donors (Lipinski definition) is 3. The molecule has 4 N–H and O–H groups in total. The van der Waals surface area contributed by atoms with Gasteiger partial charge in [0.15, 0.2) is 0 Å². The maximum absolute atomic E-state index is 12.0. The number of nitrogens with zero attached hydrogens (tertiary/aromatic N) is 2. The van der Waals surface area contributed by atoms with Gasteiger partial charge in [0.1, 0.15) is 10.9 Å². The SMILES string of the molecule is NS(=O)(=O)c1cnn(CCC(=O)N[C@@H](Cc2ccccc2)C(=O)O)c1. The number of amides is 1. The molecule has 1 aromatic heterocycles. The van der Waals surface area contributed by atoms with Crippen molar-refractivity contribution in [3.63, 3.8) is 0 Å². The molecule has 0 saturated carbocycles. The van der Waals surface area contributed by atoms with E-state index in [1.54, 1.807) is 24.3 Å². The molecule has 0 aliphatic carbocycles. The van der Waals surface area contributed by atoms with Crippen molar-refractivity contribution in [3.8, 4) is 0 Å². The van der Waals surface area contributed by atoms with Crippen molar-refractivity contribution in [1.29, 1.82) is 0 Å². The van der Waals surface area contributed by atoms with Crippen molar-refractivity contribution in [3.05, 3.63) is 48.3 Å². The molecule has 9 nitrogen and oxygen atoms in total. The molecule has 0 bridgehead atoms. The molecule has 134 valence electrons. The fourth-order valence-corrected chi connectivity index (χ4v) is 2.61. The zero-order valence-corrected chi connectivity index (χ0v) is 14.0. The lowest BCUT2D eigenvalue weighted by Gasteiger charge is -2.14. The molecule has 0 fully saturated rings. The van der Waals surface area contributed by atoms with Gasteiger partial charge in [0.2, 0.25) is 15.9 Å². The average molecular weight is 366 g/mol. The zero-order chi connectivity index (χ0) is 18.4. The predicted molar refractivity (Wildman–Crippen MR) is 87.9 cm³/mol. The Labute approximate surface area is 144 Å². The maximum Gasteiger partial charge on any atom is 0.326 e. The number of carbonyl (C=O) groups excluding carboxylic acids is 1. The first kappa shape index (κ1) is 18.6. The van der Waals surface area contributed by atoms with E-state index in [-0.39, 0.29) is 24.3 Å². The molecule has 2 aromatic rings. The molecule has 0 unspecified atom stereocenters. The van der Waals surface area contributed by atoms with Crippen LogP contribution < -0.4 is 10.5 Å². The van der Waals surface area contributed by atoms with E-state index in [1.165, 1.54) is 10.9 Å². The molecule has 0 radical (unpaired) electrons. The van der Waals surface area contributed by atoms with Crippen LogP contribution in [0.5, 0.6) is 0 Å². The van der Waals surface area contributed by atoms with Crippen LogP contribution in [-0.4, -0.2) is 41.2 Å². The second-order valence-electron chi connectivity index (χ2n) is 5.38. The number of hydrogen-bond acceptors (Lipinski definition) is 5. The molecule has 1 aromatic carbocycles. The Morgan fingerprint density at radius 1 is 1.28 bits per heavy atom. The Kier molecular flexibility index (Phi) is 5.88. The highest BCUT2D eigenvalue weighted by atomic mass is 32.2. The van der Waals surface area contributed by atoms with Crippen LogP contribution in [0.4, 0.5) is 0 Å². The van der Waals surface area contributed by atoms with Gasteiger partial charge in [0.05, 0.1) is 6.20 Å². The van der Waals surface area contributed by atoms with Crippen LogP contribution in [0.3, 0.4) is 0 Å². The van der Waals surface area contributed by atoms with Gasteiger partial charge in [-0.05, 0) is 5.56 Å². The minimum atomic E-state index is -3.85. The van der Waals surface area contributed by atoms with Gasteiger partial charge in [0, 0.05) is 25.6 Å². The molecule has 1 atom stereocenters. The fourth-order valence-electron chi connectivity index (χ4n) is 2.15. The Morgan fingerprint density at radius 2 is 1.96 bits per heavy atom. The predicted octanol–water partition coefficient (Wildman–Crippen LogP) is -0.267. The largest absolute Gasteiger partial charge is 0.480 e. The zero-order valence-electron chi connectivity index (χ0n) is 13.2. The van der Waals surface area contributed by atoms with E-state index < -0.39 is 27.9 Å². The summed E-state index contributed by atoms with van der Waals surface area (Å²) in [5.74, 6) is -1.61. The van der Waals surface area contributed by atoms with Crippen molar-refractivity contribution in [2.75, 3.05) is 0 Å². The number of nitrogens with two attached hydrogens (primary N) is 1. The second-order valence-corrected chi connectivity index (χ2v) is 6.94. The first-order chi connectivity index (χ1) is 11.8. The number of carboxylic acid groups (broad SMARTS) is 1. The summed E-state index contributed by atoms with van der Waals surface area (Å²) in [4.78, 5) is 23.1. The normalized spacial score (nSPS) is 12.5. The average Bonchev–Trinajstić information content (AvgIpc) is 3.02. The highest BCUT2D eigenvalue weighted by molar-refractivity contribution is 7.89. The summed E-state index contributed by atoms with van der Waals surface area (Å²) in [5.41, 5.74) is 0.792. The number of nitrogens with one attached hydrogen (secondary N) is 1. The quantitative estimate of drug-likeness (QED) is 0.587. The third-order valence-electron chi connectivity index (χ3n) is 3.42. The van der Waals surface area contributed by atoms with Gasteiger partial charge in [-0.15, -0.1) is 0 Å². The summed E-state index contributed by atoms with van der Waals surface area (Å²) in [6.45, 7) is 0.0963. The summed E-state index contributed by atoms with van der Waals surface area (Å²) < 4.78 is 23.6. The van der Waals surface area contributed by atoms with Gasteiger partial charge in [0.25, 0.3) is 0 Å². The molecule has 1 amide bonds. The molecule has 1 heterocycles. The highest BCUT2D eigenvalue weighted by Gasteiger charge is 2.20. The summed E-state index contributed by atoms with van der Waals surface area (Å²) in [6, 6.07) is 7.90. The van der Waals surface area contributed by atoms with Crippen LogP contribution in [0.15, 0.2) is 47.6 Å². The van der Waals surface area contributed by atoms with Crippen molar-refractivity contribution in [2.24, 2.45) is 5.14 Å². The van der Waals surface area contributed by atoms with Crippen LogP contribution in [0.25, 0.3) is 0 Å². The molecular weight excluding hydrogens is 348 g/mol. The molecule has 0 aliphatic rings. The highest BCUT2D eigenvalue weighted by Crippen LogP contribution is 2.06. The Hall–Kier alpha value is -2.72. The van der Waals surface area contributed by atoms with Crippen LogP contribution in [0, 0.1) is 0 Å².